The van der Waals surface area contributed by atoms with E-state index in [1.165, 1.54) is 0 Å². The predicted molar refractivity (Wildman–Crippen MR) is 69.0 cm³/mol. The number of rotatable bonds is 3. The lowest BCUT2D eigenvalue weighted by Crippen LogP contribution is -2.26. The topological polar surface area (TPSA) is 80.4 Å². The van der Waals surface area contributed by atoms with Crippen LogP contribution in [-0.2, 0) is 0 Å². The quantitative estimate of drug-likeness (QED) is 0.629. The van der Waals surface area contributed by atoms with Gasteiger partial charge in [0, 0.05) is 23.5 Å². The molecule has 0 aliphatic heterocycles. The van der Waals surface area contributed by atoms with Crippen molar-refractivity contribution in [3.8, 4) is 0 Å². The highest BCUT2D eigenvalue weighted by molar-refractivity contribution is 6.12. The van der Waals surface area contributed by atoms with Crippen molar-refractivity contribution in [1.29, 1.82) is 0 Å². The second-order valence-electron chi connectivity index (χ2n) is 3.54. The fraction of sp³-hybridized carbons (Fsp3) is 0. The summed E-state index contributed by atoms with van der Waals surface area (Å²) in [5, 5.41) is 4.03. The molecule has 1 heterocycles. The number of hydrogen-bond donors (Lipinski definition) is 2. The number of nitrogens with two attached hydrogens (primary N) is 1. The molecular formula is C13H12N4O. The molecule has 1 aromatic carbocycles. The molecule has 2 aromatic rings. The first kappa shape index (κ1) is 11.8. The van der Waals surface area contributed by atoms with Crippen LogP contribution >= 0.6 is 0 Å². The Labute approximate surface area is 104 Å². The van der Waals surface area contributed by atoms with Gasteiger partial charge in [-0.3, -0.25) is 4.98 Å². The molecule has 18 heavy (non-hydrogen) atoms. The summed E-state index contributed by atoms with van der Waals surface area (Å²) in [5.41, 5.74) is 9.65. The minimum atomic E-state index is -0.697. The number of pyridine rings is 1. The SMILES string of the molecule is NC(=O)N/N=C(/c1ccccc1)c1ccncc1. The Kier molecular flexibility index (Phi) is 3.66. The van der Waals surface area contributed by atoms with Gasteiger partial charge in [0.2, 0.25) is 0 Å². The van der Waals surface area contributed by atoms with Crippen LogP contribution in [0.15, 0.2) is 60.0 Å². The van der Waals surface area contributed by atoms with E-state index < -0.39 is 6.03 Å². The van der Waals surface area contributed by atoms with Gasteiger partial charge in [-0.25, -0.2) is 10.2 Å². The molecule has 0 fully saturated rings. The Balaban J connectivity index is 2.42. The van der Waals surface area contributed by atoms with Gasteiger partial charge in [-0.05, 0) is 12.1 Å². The van der Waals surface area contributed by atoms with Crippen LogP contribution in [-0.4, -0.2) is 16.7 Å². The van der Waals surface area contributed by atoms with Crippen LogP contribution in [0.1, 0.15) is 11.1 Å². The summed E-state index contributed by atoms with van der Waals surface area (Å²) in [4.78, 5) is 14.7. The summed E-state index contributed by atoms with van der Waals surface area (Å²) in [6.07, 6.45) is 3.33. The molecule has 5 nitrogen and oxygen atoms in total. The number of nitrogens with one attached hydrogen (secondary N) is 1. The molecule has 0 aliphatic carbocycles. The number of nitrogens with zero attached hydrogens (tertiary/aromatic N) is 2. The molecule has 0 saturated heterocycles. The molecule has 0 bridgehead atoms. The number of carbonyl (C=O) groups excluding carboxylic acids is 1. The maximum Gasteiger partial charge on any atom is 0.332 e. The number of urea groups is 1. The largest absolute Gasteiger partial charge is 0.350 e. The summed E-state index contributed by atoms with van der Waals surface area (Å²) in [6, 6.07) is 12.5. The molecule has 0 atom stereocenters. The highest BCUT2D eigenvalue weighted by atomic mass is 16.2. The van der Waals surface area contributed by atoms with E-state index in [-0.39, 0.29) is 0 Å². The van der Waals surface area contributed by atoms with Crippen LogP contribution in [0, 0.1) is 0 Å². The van der Waals surface area contributed by atoms with Gasteiger partial charge < -0.3 is 5.73 Å². The minimum absolute atomic E-state index is 0.636. The van der Waals surface area contributed by atoms with E-state index in [1.807, 2.05) is 42.5 Å². The smallest absolute Gasteiger partial charge is 0.332 e. The maximum atomic E-state index is 10.8. The van der Waals surface area contributed by atoms with E-state index in [9.17, 15) is 4.79 Å². The molecule has 2 rings (SSSR count). The molecule has 0 saturated carbocycles. The normalized spacial score (nSPS) is 11.0. The molecule has 0 radical (unpaired) electrons. The van der Waals surface area contributed by atoms with Crippen molar-refractivity contribution in [2.45, 2.75) is 0 Å². The molecule has 3 N–H and O–H groups in total. The fourth-order valence-corrected chi connectivity index (χ4v) is 1.51. The third-order valence-electron chi connectivity index (χ3n) is 2.28. The molecule has 0 unspecified atom stereocenters. The molecule has 0 spiro atoms. The van der Waals surface area contributed by atoms with Crippen LogP contribution in [0.2, 0.25) is 0 Å². The van der Waals surface area contributed by atoms with Crippen molar-refractivity contribution in [3.63, 3.8) is 0 Å². The van der Waals surface area contributed by atoms with Gasteiger partial charge >= 0.3 is 6.03 Å². The Morgan fingerprint density at radius 2 is 1.67 bits per heavy atom. The summed E-state index contributed by atoms with van der Waals surface area (Å²) in [7, 11) is 0. The number of hydrazone groups is 1. The molecule has 2 amide bonds. The first-order valence-electron chi connectivity index (χ1n) is 5.36. The van der Waals surface area contributed by atoms with E-state index in [0.717, 1.165) is 11.1 Å². The highest BCUT2D eigenvalue weighted by Gasteiger charge is 2.06. The second kappa shape index (κ2) is 5.58. The van der Waals surface area contributed by atoms with Crippen LogP contribution < -0.4 is 11.2 Å². The van der Waals surface area contributed by atoms with Crippen LogP contribution in [0.25, 0.3) is 0 Å². The first-order valence-corrected chi connectivity index (χ1v) is 5.36. The van der Waals surface area contributed by atoms with Gasteiger partial charge in [-0.2, -0.15) is 5.10 Å². The number of carbonyl (C=O) groups is 1. The average molecular weight is 240 g/mol. The van der Waals surface area contributed by atoms with Crippen molar-refractivity contribution >= 4 is 11.7 Å². The monoisotopic (exact) mass is 240 g/mol. The van der Waals surface area contributed by atoms with Crippen molar-refractivity contribution in [1.82, 2.24) is 10.4 Å². The van der Waals surface area contributed by atoms with Gasteiger partial charge in [0.15, 0.2) is 0 Å². The summed E-state index contributed by atoms with van der Waals surface area (Å²) in [5.74, 6) is 0. The Hall–Kier alpha value is -2.69. The van der Waals surface area contributed by atoms with Crippen molar-refractivity contribution in [2.24, 2.45) is 10.8 Å². The van der Waals surface area contributed by atoms with E-state index in [4.69, 9.17) is 5.73 Å². The van der Waals surface area contributed by atoms with Gasteiger partial charge in [-0.15, -0.1) is 0 Å². The lowest BCUT2D eigenvalue weighted by molar-refractivity contribution is 0.249. The Morgan fingerprint density at radius 1 is 1.06 bits per heavy atom. The zero-order chi connectivity index (χ0) is 12.8. The van der Waals surface area contributed by atoms with Gasteiger partial charge in [0.1, 0.15) is 0 Å². The zero-order valence-corrected chi connectivity index (χ0v) is 9.58. The van der Waals surface area contributed by atoms with Crippen LogP contribution in [0.5, 0.6) is 0 Å². The minimum Gasteiger partial charge on any atom is -0.350 e. The summed E-state index contributed by atoms with van der Waals surface area (Å²) < 4.78 is 0. The second-order valence-corrected chi connectivity index (χ2v) is 3.54. The molecule has 5 heteroatoms. The molecule has 0 aliphatic rings. The third-order valence-corrected chi connectivity index (χ3v) is 2.28. The van der Waals surface area contributed by atoms with Gasteiger partial charge in [-0.1, -0.05) is 30.3 Å². The maximum absolute atomic E-state index is 10.8. The number of benzene rings is 1. The number of hydrogen-bond acceptors (Lipinski definition) is 3. The number of primary amides is 1. The molecule has 1 aromatic heterocycles. The lowest BCUT2D eigenvalue weighted by atomic mass is 10.0. The van der Waals surface area contributed by atoms with Crippen molar-refractivity contribution < 1.29 is 4.79 Å². The standard InChI is InChI=1S/C13H12N4O/c14-13(18)17-16-12(10-4-2-1-3-5-10)11-6-8-15-9-7-11/h1-9H,(H3,14,17,18)/b16-12-. The van der Waals surface area contributed by atoms with Crippen molar-refractivity contribution in [2.75, 3.05) is 0 Å². The van der Waals surface area contributed by atoms with E-state index in [0.29, 0.717) is 5.71 Å². The molecule has 90 valence electrons. The molecular weight excluding hydrogens is 228 g/mol. The van der Waals surface area contributed by atoms with Crippen molar-refractivity contribution in [3.05, 3.63) is 66.0 Å². The Bertz CT molecular complexity index is 510. The van der Waals surface area contributed by atoms with E-state index >= 15 is 0 Å². The zero-order valence-electron chi connectivity index (χ0n) is 9.58. The predicted octanol–water partition coefficient (Wildman–Crippen LogP) is 1.50. The summed E-state index contributed by atoms with van der Waals surface area (Å²) >= 11 is 0. The van der Waals surface area contributed by atoms with E-state index in [2.05, 4.69) is 15.5 Å². The number of aromatic nitrogens is 1. The Morgan fingerprint density at radius 3 is 2.28 bits per heavy atom. The first-order chi connectivity index (χ1) is 8.77. The third kappa shape index (κ3) is 2.91. The summed E-state index contributed by atoms with van der Waals surface area (Å²) in [6.45, 7) is 0. The van der Waals surface area contributed by atoms with E-state index in [1.54, 1.807) is 12.4 Å². The van der Waals surface area contributed by atoms with Crippen LogP contribution in [0.3, 0.4) is 0 Å². The highest BCUT2D eigenvalue weighted by Crippen LogP contribution is 2.09. The van der Waals surface area contributed by atoms with Gasteiger partial charge in [0.25, 0.3) is 0 Å². The number of amides is 2. The van der Waals surface area contributed by atoms with Crippen LogP contribution in [0.4, 0.5) is 4.79 Å². The fourth-order valence-electron chi connectivity index (χ4n) is 1.51. The lowest BCUT2D eigenvalue weighted by Gasteiger charge is -2.06. The average Bonchev–Trinajstić information content (AvgIpc) is 2.41. The van der Waals surface area contributed by atoms with Gasteiger partial charge in [0.05, 0.1) is 5.71 Å².